The minimum absolute atomic E-state index is 0.00357. The van der Waals surface area contributed by atoms with Crippen LogP contribution in [0.3, 0.4) is 0 Å². The second-order valence-corrected chi connectivity index (χ2v) is 9.86. The van der Waals surface area contributed by atoms with Crippen LogP contribution in [0, 0.1) is 0 Å². The molecule has 0 spiro atoms. The number of nitrogens with one attached hydrogen (secondary N) is 1. The Balaban J connectivity index is 2.18. The van der Waals surface area contributed by atoms with Gasteiger partial charge in [-0.15, -0.1) is 0 Å². The standard InChI is InChI=1S/C20H20ClF3N6O4S/c1-4-18(31)29-8-15(30(35(3,33)34)16(9-29)20(22,23)24)11-5-13(28-17(21)6-11)12-7-14(19(32)25-2)27-10-26-12/h4-7,10,15-16H,1,8-9H2,2-3H3,(H,25,32)/t15-,16+/m1/s1. The van der Waals surface area contributed by atoms with Crippen LogP contribution in [-0.2, 0) is 14.8 Å². The Labute approximate surface area is 203 Å². The second-order valence-electron chi connectivity index (χ2n) is 7.59. The molecular weight excluding hydrogens is 513 g/mol. The first-order chi connectivity index (χ1) is 16.3. The van der Waals surface area contributed by atoms with Crippen LogP contribution in [0.4, 0.5) is 13.2 Å². The van der Waals surface area contributed by atoms with Crippen molar-refractivity contribution in [3.8, 4) is 11.4 Å². The lowest BCUT2D eigenvalue weighted by Crippen LogP contribution is -2.62. The first-order valence-corrected chi connectivity index (χ1v) is 12.2. The van der Waals surface area contributed by atoms with Gasteiger partial charge in [-0.05, 0) is 29.8 Å². The van der Waals surface area contributed by atoms with Gasteiger partial charge in [0.2, 0.25) is 15.9 Å². The molecule has 0 saturated carbocycles. The van der Waals surface area contributed by atoms with E-state index in [2.05, 4.69) is 26.8 Å². The summed E-state index contributed by atoms with van der Waals surface area (Å²) in [5, 5.41) is 2.23. The van der Waals surface area contributed by atoms with Gasteiger partial charge in [-0.2, -0.15) is 17.5 Å². The summed E-state index contributed by atoms with van der Waals surface area (Å²) in [6.07, 6.45) is -2.37. The molecular formula is C20H20ClF3N6O4S. The van der Waals surface area contributed by atoms with Gasteiger partial charge >= 0.3 is 6.18 Å². The van der Waals surface area contributed by atoms with Gasteiger partial charge in [0, 0.05) is 20.1 Å². The number of halogens is 4. The van der Waals surface area contributed by atoms with Crippen LogP contribution < -0.4 is 5.32 Å². The molecule has 0 aromatic carbocycles. The number of carbonyl (C=O) groups excluding carboxylic acids is 2. The quantitative estimate of drug-likeness (QED) is 0.460. The zero-order chi connectivity index (χ0) is 26.1. The molecule has 1 aliphatic rings. The molecule has 2 atom stereocenters. The van der Waals surface area contributed by atoms with Crippen LogP contribution in [0.15, 0.2) is 37.2 Å². The topological polar surface area (TPSA) is 125 Å². The van der Waals surface area contributed by atoms with E-state index in [0.717, 1.165) is 17.3 Å². The molecule has 15 heteroatoms. The van der Waals surface area contributed by atoms with E-state index in [0.29, 0.717) is 10.6 Å². The summed E-state index contributed by atoms with van der Waals surface area (Å²) >= 11 is 6.14. The predicted octanol–water partition coefficient (Wildman–Crippen LogP) is 1.81. The van der Waals surface area contributed by atoms with E-state index < -0.39 is 53.2 Å². The van der Waals surface area contributed by atoms with Crippen LogP contribution in [0.25, 0.3) is 11.4 Å². The van der Waals surface area contributed by atoms with Gasteiger partial charge in [0.1, 0.15) is 23.2 Å². The maximum absolute atomic E-state index is 14.0. The number of sulfonamides is 1. The van der Waals surface area contributed by atoms with Crippen LogP contribution in [0.2, 0.25) is 5.15 Å². The predicted molar refractivity (Wildman–Crippen MR) is 120 cm³/mol. The third-order valence-corrected chi connectivity index (χ3v) is 6.71. The summed E-state index contributed by atoms with van der Waals surface area (Å²) in [6.45, 7) is 2.01. The summed E-state index contributed by atoms with van der Waals surface area (Å²) in [5.74, 6) is -1.30. The normalized spacial score (nSPS) is 19.3. The summed E-state index contributed by atoms with van der Waals surface area (Å²) in [5.41, 5.74) is 0.220. The molecule has 188 valence electrons. The summed E-state index contributed by atoms with van der Waals surface area (Å²) in [6, 6.07) is -0.143. The van der Waals surface area contributed by atoms with E-state index in [1.165, 1.54) is 25.2 Å². The molecule has 2 aromatic heterocycles. The third-order valence-electron chi connectivity index (χ3n) is 5.24. The van der Waals surface area contributed by atoms with Crippen LogP contribution in [0.1, 0.15) is 22.1 Å². The Kier molecular flexibility index (Phi) is 7.48. The Hall–Kier alpha value is -3.10. The molecule has 3 heterocycles. The Morgan fingerprint density at radius 3 is 2.46 bits per heavy atom. The number of carbonyl (C=O) groups is 2. The molecule has 1 N–H and O–H groups in total. The lowest BCUT2D eigenvalue weighted by atomic mass is 10.0. The molecule has 2 aromatic rings. The minimum atomic E-state index is -4.98. The summed E-state index contributed by atoms with van der Waals surface area (Å²) < 4.78 is 67.3. The number of aromatic nitrogens is 3. The number of hydrogen-bond donors (Lipinski definition) is 1. The van der Waals surface area contributed by atoms with Crippen molar-refractivity contribution in [2.75, 3.05) is 26.4 Å². The Morgan fingerprint density at radius 1 is 1.20 bits per heavy atom. The molecule has 3 rings (SSSR count). The largest absolute Gasteiger partial charge is 0.406 e. The molecule has 2 amide bonds. The van der Waals surface area contributed by atoms with Gasteiger partial charge in [0.05, 0.1) is 23.7 Å². The molecule has 1 saturated heterocycles. The van der Waals surface area contributed by atoms with E-state index in [-0.39, 0.29) is 27.8 Å². The van der Waals surface area contributed by atoms with E-state index in [1.807, 2.05) is 0 Å². The van der Waals surface area contributed by atoms with Crippen molar-refractivity contribution in [2.45, 2.75) is 18.3 Å². The molecule has 1 aliphatic heterocycles. The molecule has 0 radical (unpaired) electrons. The number of amides is 2. The van der Waals surface area contributed by atoms with Gasteiger partial charge in [-0.3, -0.25) is 9.59 Å². The lowest BCUT2D eigenvalue weighted by molar-refractivity contribution is -0.190. The van der Waals surface area contributed by atoms with Crippen molar-refractivity contribution in [2.24, 2.45) is 0 Å². The fourth-order valence-corrected chi connectivity index (χ4v) is 5.25. The Bertz CT molecular complexity index is 1270. The van der Waals surface area contributed by atoms with Gasteiger partial charge in [0.25, 0.3) is 5.91 Å². The Morgan fingerprint density at radius 2 is 1.89 bits per heavy atom. The maximum atomic E-state index is 14.0. The zero-order valence-electron chi connectivity index (χ0n) is 18.5. The second kappa shape index (κ2) is 9.87. The smallest absolute Gasteiger partial charge is 0.354 e. The highest BCUT2D eigenvalue weighted by Crippen LogP contribution is 2.39. The van der Waals surface area contributed by atoms with Gasteiger partial charge in [0.15, 0.2) is 0 Å². The van der Waals surface area contributed by atoms with E-state index in [4.69, 9.17) is 11.6 Å². The highest BCUT2D eigenvalue weighted by atomic mass is 35.5. The summed E-state index contributed by atoms with van der Waals surface area (Å²) in [7, 11) is -3.02. The van der Waals surface area contributed by atoms with Crippen molar-refractivity contribution in [3.05, 3.63) is 53.6 Å². The highest BCUT2D eigenvalue weighted by Gasteiger charge is 2.54. The van der Waals surface area contributed by atoms with Crippen LogP contribution >= 0.6 is 11.6 Å². The number of piperazine rings is 1. The molecule has 0 unspecified atom stereocenters. The van der Waals surface area contributed by atoms with Crippen molar-refractivity contribution < 1.29 is 31.2 Å². The van der Waals surface area contributed by atoms with Gasteiger partial charge in [-0.25, -0.2) is 23.4 Å². The lowest BCUT2D eigenvalue weighted by Gasteiger charge is -2.45. The van der Waals surface area contributed by atoms with E-state index in [1.54, 1.807) is 0 Å². The minimum Gasteiger partial charge on any atom is -0.354 e. The van der Waals surface area contributed by atoms with Crippen molar-refractivity contribution in [1.29, 1.82) is 0 Å². The van der Waals surface area contributed by atoms with E-state index in [9.17, 15) is 31.2 Å². The first kappa shape index (κ1) is 26.5. The van der Waals surface area contributed by atoms with Crippen LogP contribution in [0.5, 0.6) is 0 Å². The third kappa shape index (κ3) is 5.77. The highest BCUT2D eigenvalue weighted by molar-refractivity contribution is 7.88. The monoisotopic (exact) mass is 532 g/mol. The van der Waals surface area contributed by atoms with Crippen LogP contribution in [-0.4, -0.2) is 83.0 Å². The first-order valence-electron chi connectivity index (χ1n) is 9.94. The van der Waals surface area contributed by atoms with E-state index >= 15 is 0 Å². The average Bonchev–Trinajstić information content (AvgIpc) is 2.80. The summed E-state index contributed by atoms with van der Waals surface area (Å²) in [4.78, 5) is 37.0. The number of hydrogen-bond acceptors (Lipinski definition) is 7. The zero-order valence-corrected chi connectivity index (χ0v) is 20.0. The van der Waals surface area contributed by atoms with Gasteiger partial charge in [-0.1, -0.05) is 18.2 Å². The number of pyridine rings is 1. The van der Waals surface area contributed by atoms with Crippen molar-refractivity contribution >= 4 is 33.4 Å². The number of rotatable bonds is 5. The molecule has 10 nitrogen and oxygen atoms in total. The SMILES string of the molecule is C=CC(=O)N1C[C@H](c2cc(Cl)nc(-c3cc(C(=O)NC)ncn3)c2)N(S(C)(=O)=O)[C@H](C(F)(F)F)C1. The van der Waals surface area contributed by atoms with Crippen molar-refractivity contribution in [3.63, 3.8) is 0 Å². The molecule has 35 heavy (non-hydrogen) atoms. The molecule has 0 aliphatic carbocycles. The number of alkyl halides is 3. The average molecular weight is 533 g/mol. The molecule has 0 bridgehead atoms. The number of nitrogens with zero attached hydrogens (tertiary/aromatic N) is 5. The maximum Gasteiger partial charge on any atom is 0.406 e. The van der Waals surface area contributed by atoms with Crippen molar-refractivity contribution in [1.82, 2.24) is 29.5 Å². The fraction of sp³-hybridized carbons (Fsp3) is 0.350. The molecule has 1 fully saturated rings. The fourth-order valence-electron chi connectivity index (χ4n) is 3.73. The van der Waals surface area contributed by atoms with Gasteiger partial charge < -0.3 is 10.2 Å².